The Bertz CT molecular complexity index is 1520. The lowest BCUT2D eigenvalue weighted by atomic mass is 10.2. The van der Waals surface area contributed by atoms with Crippen LogP contribution in [-0.2, 0) is 14.8 Å². The molecule has 0 aliphatic rings. The molecular formula is C26H26N4O6S2. The van der Waals surface area contributed by atoms with Crippen molar-refractivity contribution in [3.63, 3.8) is 0 Å². The van der Waals surface area contributed by atoms with E-state index < -0.39 is 22.5 Å². The van der Waals surface area contributed by atoms with E-state index in [4.69, 9.17) is 14.2 Å². The minimum atomic E-state index is -4.16. The lowest BCUT2D eigenvalue weighted by Crippen LogP contribution is -2.38. The van der Waals surface area contributed by atoms with E-state index >= 15 is 0 Å². The summed E-state index contributed by atoms with van der Waals surface area (Å²) in [6.07, 6.45) is 0. The van der Waals surface area contributed by atoms with E-state index in [1.807, 2.05) is 19.1 Å². The van der Waals surface area contributed by atoms with Crippen LogP contribution in [0.2, 0.25) is 0 Å². The first-order valence-electron chi connectivity index (χ1n) is 11.3. The molecule has 12 heteroatoms. The highest BCUT2D eigenvalue weighted by Gasteiger charge is 2.29. The van der Waals surface area contributed by atoms with Gasteiger partial charge in [-0.15, -0.1) is 10.2 Å². The number of anilines is 2. The summed E-state index contributed by atoms with van der Waals surface area (Å²) >= 11 is 1.17. The van der Waals surface area contributed by atoms with Crippen LogP contribution in [0.3, 0.4) is 0 Å². The lowest BCUT2D eigenvalue weighted by Gasteiger charge is -2.24. The molecule has 1 N–H and O–H groups in total. The van der Waals surface area contributed by atoms with Crippen molar-refractivity contribution in [3.05, 3.63) is 72.3 Å². The summed E-state index contributed by atoms with van der Waals surface area (Å²) in [5.74, 6) is 0.766. The number of nitrogens with zero attached hydrogens (tertiary/aromatic N) is 3. The maximum atomic E-state index is 13.7. The molecule has 4 rings (SSSR count). The third kappa shape index (κ3) is 5.87. The predicted molar refractivity (Wildman–Crippen MR) is 146 cm³/mol. The average molecular weight is 555 g/mol. The number of nitrogens with one attached hydrogen (secondary N) is 1. The van der Waals surface area contributed by atoms with E-state index in [0.717, 1.165) is 15.4 Å². The third-order valence-corrected chi connectivity index (χ3v) is 8.22. The van der Waals surface area contributed by atoms with Crippen molar-refractivity contribution in [2.24, 2.45) is 0 Å². The number of methoxy groups -OCH3 is 3. The van der Waals surface area contributed by atoms with Crippen LogP contribution in [-0.4, -0.2) is 52.4 Å². The third-order valence-electron chi connectivity index (χ3n) is 5.56. The summed E-state index contributed by atoms with van der Waals surface area (Å²) in [4.78, 5) is 13.0. The van der Waals surface area contributed by atoms with Crippen molar-refractivity contribution in [2.75, 3.05) is 37.5 Å². The van der Waals surface area contributed by atoms with Crippen LogP contribution in [0, 0.1) is 6.92 Å². The zero-order valence-corrected chi connectivity index (χ0v) is 22.8. The number of aromatic nitrogens is 2. The molecule has 0 saturated carbocycles. The smallest absolute Gasteiger partial charge is 0.264 e. The van der Waals surface area contributed by atoms with Crippen LogP contribution < -0.4 is 23.8 Å². The van der Waals surface area contributed by atoms with Gasteiger partial charge in [0.05, 0.1) is 31.9 Å². The molecule has 3 aromatic carbocycles. The van der Waals surface area contributed by atoms with Crippen molar-refractivity contribution in [3.8, 4) is 27.8 Å². The fourth-order valence-electron chi connectivity index (χ4n) is 3.54. The lowest BCUT2D eigenvalue weighted by molar-refractivity contribution is -0.114. The molecule has 0 unspecified atom stereocenters. The van der Waals surface area contributed by atoms with E-state index in [1.165, 1.54) is 43.8 Å². The van der Waals surface area contributed by atoms with Gasteiger partial charge in [-0.05, 0) is 55.5 Å². The molecule has 0 radical (unpaired) electrons. The largest absolute Gasteiger partial charge is 0.497 e. The molecule has 0 atom stereocenters. The van der Waals surface area contributed by atoms with Crippen molar-refractivity contribution in [2.45, 2.75) is 11.8 Å². The van der Waals surface area contributed by atoms with Crippen LogP contribution in [0.5, 0.6) is 17.2 Å². The summed E-state index contributed by atoms with van der Waals surface area (Å²) in [6.45, 7) is 1.40. The number of ether oxygens (including phenoxy) is 3. The summed E-state index contributed by atoms with van der Waals surface area (Å²) in [5.41, 5.74) is 2.08. The number of amides is 1. The summed E-state index contributed by atoms with van der Waals surface area (Å²) in [7, 11) is 0.297. The standard InChI is InChI=1S/C26H26N4O6S2/c1-17-5-9-19(10-6-17)30(38(32,33)21-13-14-22(35-3)23(15-21)36-4)16-24(31)27-26-29-28-25(37-26)18-7-11-20(34-2)12-8-18/h5-15H,16H2,1-4H3,(H,27,29,31). The number of rotatable bonds is 10. The summed E-state index contributed by atoms with van der Waals surface area (Å²) in [6, 6.07) is 18.4. The molecule has 0 aliphatic heterocycles. The molecular weight excluding hydrogens is 528 g/mol. The number of hydrogen-bond acceptors (Lipinski definition) is 9. The molecule has 0 aliphatic carbocycles. The fraction of sp³-hybridized carbons (Fsp3) is 0.192. The number of sulfonamides is 1. The molecule has 38 heavy (non-hydrogen) atoms. The second-order valence-electron chi connectivity index (χ2n) is 8.05. The van der Waals surface area contributed by atoms with E-state index in [9.17, 15) is 13.2 Å². The maximum Gasteiger partial charge on any atom is 0.264 e. The van der Waals surface area contributed by atoms with Gasteiger partial charge >= 0.3 is 0 Å². The van der Waals surface area contributed by atoms with Crippen LogP contribution >= 0.6 is 11.3 Å². The van der Waals surface area contributed by atoms with E-state index in [1.54, 1.807) is 43.5 Å². The first kappa shape index (κ1) is 26.9. The molecule has 198 valence electrons. The van der Waals surface area contributed by atoms with Crippen LogP contribution in [0.15, 0.2) is 71.6 Å². The Kier molecular flexibility index (Phi) is 8.13. The molecule has 4 aromatic rings. The summed E-state index contributed by atoms with van der Waals surface area (Å²) in [5, 5.41) is 11.7. The molecule has 0 bridgehead atoms. The van der Waals surface area contributed by atoms with Gasteiger partial charge in [0, 0.05) is 11.6 Å². The Balaban J connectivity index is 1.60. The topological polar surface area (TPSA) is 120 Å². The average Bonchev–Trinajstić information content (AvgIpc) is 3.40. The zero-order chi connectivity index (χ0) is 27.3. The molecule has 1 amide bonds. The Morgan fingerprint density at radius 3 is 2.21 bits per heavy atom. The Labute approximate surface area is 224 Å². The molecule has 0 saturated heterocycles. The van der Waals surface area contributed by atoms with Crippen molar-refractivity contribution < 1.29 is 27.4 Å². The van der Waals surface area contributed by atoms with Crippen LogP contribution in [0.25, 0.3) is 10.6 Å². The second-order valence-corrected chi connectivity index (χ2v) is 10.9. The van der Waals surface area contributed by atoms with Gasteiger partial charge in [-0.2, -0.15) is 0 Å². The molecule has 10 nitrogen and oxygen atoms in total. The van der Waals surface area contributed by atoms with Gasteiger partial charge < -0.3 is 14.2 Å². The first-order chi connectivity index (χ1) is 18.2. The monoisotopic (exact) mass is 554 g/mol. The van der Waals surface area contributed by atoms with Gasteiger partial charge in [0.15, 0.2) is 11.5 Å². The Hall–Kier alpha value is -4.16. The second kappa shape index (κ2) is 11.5. The molecule has 1 aromatic heterocycles. The SMILES string of the molecule is COc1ccc(-c2nnc(NC(=O)CN(c3ccc(C)cc3)S(=O)(=O)c3ccc(OC)c(OC)c3)s2)cc1. The number of aryl methyl sites for hydroxylation is 1. The minimum absolute atomic E-state index is 0.0544. The van der Waals surface area contributed by atoms with Crippen molar-refractivity contribution in [1.29, 1.82) is 0 Å². The van der Waals surface area contributed by atoms with E-state index in [2.05, 4.69) is 15.5 Å². The summed E-state index contributed by atoms with van der Waals surface area (Å²) < 4.78 is 44.2. The number of hydrogen-bond donors (Lipinski definition) is 1. The van der Waals surface area contributed by atoms with Gasteiger partial charge in [0.25, 0.3) is 10.0 Å². The normalized spacial score (nSPS) is 11.1. The Morgan fingerprint density at radius 1 is 0.895 bits per heavy atom. The first-order valence-corrected chi connectivity index (χ1v) is 13.6. The van der Waals surface area contributed by atoms with Gasteiger partial charge in [-0.25, -0.2) is 8.42 Å². The van der Waals surface area contributed by atoms with Crippen LogP contribution in [0.1, 0.15) is 5.56 Å². The van der Waals surface area contributed by atoms with E-state index in [0.29, 0.717) is 22.2 Å². The fourth-order valence-corrected chi connectivity index (χ4v) is 5.75. The highest BCUT2D eigenvalue weighted by Crippen LogP contribution is 2.33. The molecule has 0 fully saturated rings. The quantitative estimate of drug-likeness (QED) is 0.307. The number of carbonyl (C=O) groups excluding carboxylic acids is 1. The Morgan fingerprint density at radius 2 is 1.58 bits per heavy atom. The maximum absolute atomic E-state index is 13.7. The van der Waals surface area contributed by atoms with Gasteiger partial charge in [-0.3, -0.25) is 14.4 Å². The van der Waals surface area contributed by atoms with Gasteiger partial charge in [0.1, 0.15) is 17.3 Å². The highest BCUT2D eigenvalue weighted by molar-refractivity contribution is 7.92. The van der Waals surface area contributed by atoms with Gasteiger partial charge in [0.2, 0.25) is 11.0 Å². The molecule has 1 heterocycles. The van der Waals surface area contributed by atoms with Gasteiger partial charge in [-0.1, -0.05) is 29.0 Å². The minimum Gasteiger partial charge on any atom is -0.497 e. The molecule has 0 spiro atoms. The number of carbonyl (C=O) groups is 1. The van der Waals surface area contributed by atoms with E-state index in [-0.39, 0.29) is 15.8 Å². The highest BCUT2D eigenvalue weighted by atomic mass is 32.2. The van der Waals surface area contributed by atoms with Crippen molar-refractivity contribution in [1.82, 2.24) is 10.2 Å². The zero-order valence-electron chi connectivity index (χ0n) is 21.2. The predicted octanol–water partition coefficient (Wildman–Crippen LogP) is 4.37. The van der Waals surface area contributed by atoms with Crippen molar-refractivity contribution >= 4 is 38.1 Å². The van der Waals surface area contributed by atoms with Crippen LogP contribution in [0.4, 0.5) is 10.8 Å². The number of benzene rings is 3.